The zero-order chi connectivity index (χ0) is 14.8. The molecular formula is C14H17N5O2. The summed E-state index contributed by atoms with van der Waals surface area (Å²) in [5.41, 5.74) is 6.53. The van der Waals surface area contributed by atoms with Gasteiger partial charge in [-0.3, -0.25) is 10.1 Å². The number of nitro benzene ring substituents is 1. The third kappa shape index (κ3) is 2.64. The number of nitrogens with one attached hydrogen (secondary N) is 1. The van der Waals surface area contributed by atoms with Crippen LogP contribution in [0.15, 0.2) is 24.5 Å². The van der Waals surface area contributed by atoms with Gasteiger partial charge in [-0.1, -0.05) is 6.42 Å². The van der Waals surface area contributed by atoms with E-state index in [9.17, 15) is 10.1 Å². The molecule has 1 aromatic carbocycles. The van der Waals surface area contributed by atoms with Gasteiger partial charge in [0, 0.05) is 23.6 Å². The Morgan fingerprint density at radius 3 is 3.00 bits per heavy atom. The van der Waals surface area contributed by atoms with Gasteiger partial charge in [0.15, 0.2) is 0 Å². The number of aromatic nitrogens is 2. The summed E-state index contributed by atoms with van der Waals surface area (Å²) in [6.07, 6.45) is 4.77. The van der Waals surface area contributed by atoms with Gasteiger partial charge in [0.2, 0.25) is 0 Å². The average Bonchev–Trinajstić information content (AvgIpc) is 2.94. The van der Waals surface area contributed by atoms with Crippen LogP contribution >= 0.6 is 0 Å². The lowest BCUT2D eigenvalue weighted by atomic mass is 10.0. The molecule has 0 aliphatic heterocycles. The summed E-state index contributed by atoms with van der Waals surface area (Å²) in [5, 5.41) is 15.0. The van der Waals surface area contributed by atoms with Crippen molar-refractivity contribution in [2.24, 2.45) is 11.7 Å². The Morgan fingerprint density at radius 2 is 2.24 bits per heavy atom. The largest absolute Gasteiger partial charge is 0.366 e. The van der Waals surface area contributed by atoms with Gasteiger partial charge in [0.1, 0.15) is 12.1 Å². The summed E-state index contributed by atoms with van der Waals surface area (Å²) in [6, 6.07) is 4.89. The van der Waals surface area contributed by atoms with Crippen molar-refractivity contribution < 1.29 is 4.92 Å². The second kappa shape index (κ2) is 5.61. The first-order chi connectivity index (χ1) is 10.2. The second-order valence-electron chi connectivity index (χ2n) is 5.36. The van der Waals surface area contributed by atoms with Gasteiger partial charge in [-0.05, 0) is 31.4 Å². The predicted molar refractivity (Wildman–Crippen MR) is 80.0 cm³/mol. The van der Waals surface area contributed by atoms with Crippen molar-refractivity contribution in [1.82, 2.24) is 9.97 Å². The maximum atomic E-state index is 10.9. The molecular weight excluding hydrogens is 270 g/mol. The molecule has 1 heterocycles. The number of rotatable bonds is 4. The minimum atomic E-state index is -0.408. The van der Waals surface area contributed by atoms with E-state index in [1.807, 2.05) is 0 Å². The summed E-state index contributed by atoms with van der Waals surface area (Å²) < 4.78 is 0. The van der Waals surface area contributed by atoms with Crippen LogP contribution < -0.4 is 11.1 Å². The molecule has 0 bridgehead atoms. The maximum absolute atomic E-state index is 10.9. The van der Waals surface area contributed by atoms with Crippen LogP contribution in [0.4, 0.5) is 11.5 Å². The molecule has 1 aliphatic carbocycles. The van der Waals surface area contributed by atoms with Crippen molar-refractivity contribution in [3.63, 3.8) is 0 Å². The van der Waals surface area contributed by atoms with Crippen molar-refractivity contribution in [3.8, 4) is 0 Å². The summed E-state index contributed by atoms with van der Waals surface area (Å²) in [5.74, 6) is 1.07. The van der Waals surface area contributed by atoms with Gasteiger partial charge in [-0.15, -0.1) is 0 Å². The van der Waals surface area contributed by atoms with E-state index in [1.54, 1.807) is 6.07 Å². The first kappa shape index (κ1) is 13.7. The Balaban J connectivity index is 1.97. The predicted octanol–water partition coefficient (Wildman–Crippen LogP) is 2.08. The first-order valence-electron chi connectivity index (χ1n) is 7.05. The van der Waals surface area contributed by atoms with Crippen LogP contribution in [0.25, 0.3) is 10.9 Å². The molecule has 2 atom stereocenters. The molecule has 21 heavy (non-hydrogen) atoms. The van der Waals surface area contributed by atoms with E-state index in [-0.39, 0.29) is 11.7 Å². The monoisotopic (exact) mass is 287 g/mol. The van der Waals surface area contributed by atoms with E-state index in [1.165, 1.54) is 18.5 Å². The average molecular weight is 287 g/mol. The Bertz CT molecular complexity index is 675. The molecule has 0 saturated heterocycles. The number of nitrogens with zero attached hydrogens (tertiary/aromatic N) is 3. The Kier molecular flexibility index (Phi) is 3.66. The maximum Gasteiger partial charge on any atom is 0.270 e. The second-order valence-corrected chi connectivity index (χ2v) is 5.36. The Labute approximate surface area is 121 Å². The fraction of sp³-hybridized carbons (Fsp3) is 0.429. The molecule has 7 nitrogen and oxygen atoms in total. The fourth-order valence-corrected chi connectivity index (χ4v) is 2.96. The zero-order valence-electron chi connectivity index (χ0n) is 11.5. The molecule has 7 heteroatoms. The molecule has 3 rings (SSSR count). The topological polar surface area (TPSA) is 107 Å². The van der Waals surface area contributed by atoms with Crippen molar-refractivity contribution in [1.29, 1.82) is 0 Å². The lowest BCUT2D eigenvalue weighted by Crippen LogP contribution is -2.29. The highest BCUT2D eigenvalue weighted by Crippen LogP contribution is 2.30. The highest BCUT2D eigenvalue weighted by molar-refractivity contribution is 5.90. The number of hydrogen-bond acceptors (Lipinski definition) is 6. The van der Waals surface area contributed by atoms with E-state index in [2.05, 4.69) is 15.3 Å². The van der Waals surface area contributed by atoms with Crippen LogP contribution in [0.3, 0.4) is 0 Å². The minimum absolute atomic E-state index is 0.0437. The zero-order valence-corrected chi connectivity index (χ0v) is 11.5. The van der Waals surface area contributed by atoms with Gasteiger partial charge < -0.3 is 11.1 Å². The smallest absolute Gasteiger partial charge is 0.270 e. The van der Waals surface area contributed by atoms with E-state index in [0.717, 1.165) is 19.3 Å². The quantitative estimate of drug-likeness (QED) is 0.658. The molecule has 1 aromatic heterocycles. The summed E-state index contributed by atoms with van der Waals surface area (Å²) >= 11 is 0. The number of nitrogens with two attached hydrogens (primary N) is 1. The standard InChI is InChI=1S/C14H17N5O2/c15-7-9-2-1-3-12(9)18-14-11-6-10(19(20)21)4-5-13(11)16-8-17-14/h4-6,8-9,12H,1-3,7,15H2,(H,16,17,18). The molecule has 0 radical (unpaired) electrons. The molecule has 0 spiro atoms. The highest BCUT2D eigenvalue weighted by Gasteiger charge is 2.26. The van der Waals surface area contributed by atoms with Crippen LogP contribution in [0.2, 0.25) is 0 Å². The van der Waals surface area contributed by atoms with Gasteiger partial charge in [0.05, 0.1) is 10.4 Å². The van der Waals surface area contributed by atoms with Crippen LogP contribution in [0.5, 0.6) is 0 Å². The van der Waals surface area contributed by atoms with E-state index in [0.29, 0.717) is 29.2 Å². The van der Waals surface area contributed by atoms with Gasteiger partial charge >= 0.3 is 0 Å². The van der Waals surface area contributed by atoms with Crippen LogP contribution in [-0.2, 0) is 0 Å². The number of fused-ring (bicyclic) bond motifs is 1. The van der Waals surface area contributed by atoms with Crippen LogP contribution in [0.1, 0.15) is 19.3 Å². The summed E-state index contributed by atoms with van der Waals surface area (Å²) in [6.45, 7) is 0.640. The number of anilines is 1. The first-order valence-corrected chi connectivity index (χ1v) is 7.05. The van der Waals surface area contributed by atoms with E-state index < -0.39 is 4.92 Å². The minimum Gasteiger partial charge on any atom is -0.366 e. The molecule has 110 valence electrons. The molecule has 1 fully saturated rings. The van der Waals surface area contributed by atoms with Crippen molar-refractivity contribution in [2.75, 3.05) is 11.9 Å². The summed E-state index contributed by atoms with van der Waals surface area (Å²) in [4.78, 5) is 18.9. The van der Waals surface area contributed by atoms with E-state index in [4.69, 9.17) is 5.73 Å². The Hall–Kier alpha value is -2.28. The number of benzene rings is 1. The van der Waals surface area contributed by atoms with E-state index >= 15 is 0 Å². The number of nitro groups is 1. The SMILES string of the molecule is NCC1CCCC1Nc1ncnc2ccc([N+](=O)[O-])cc12. The lowest BCUT2D eigenvalue weighted by molar-refractivity contribution is -0.384. The van der Waals surface area contributed by atoms with Crippen molar-refractivity contribution >= 4 is 22.4 Å². The third-order valence-electron chi connectivity index (χ3n) is 4.11. The normalized spacial score (nSPS) is 21.6. The van der Waals surface area contributed by atoms with Crippen molar-refractivity contribution in [3.05, 3.63) is 34.6 Å². The van der Waals surface area contributed by atoms with Crippen LogP contribution in [-0.4, -0.2) is 27.5 Å². The molecule has 3 N–H and O–H groups in total. The highest BCUT2D eigenvalue weighted by atomic mass is 16.6. The molecule has 1 saturated carbocycles. The molecule has 1 aliphatic rings. The third-order valence-corrected chi connectivity index (χ3v) is 4.11. The number of hydrogen-bond donors (Lipinski definition) is 2. The van der Waals surface area contributed by atoms with Gasteiger partial charge in [-0.2, -0.15) is 0 Å². The van der Waals surface area contributed by atoms with Crippen LogP contribution in [0, 0.1) is 16.0 Å². The lowest BCUT2D eigenvalue weighted by Gasteiger charge is -2.20. The van der Waals surface area contributed by atoms with Crippen molar-refractivity contribution in [2.45, 2.75) is 25.3 Å². The molecule has 2 aromatic rings. The molecule has 2 unspecified atom stereocenters. The fourth-order valence-electron chi connectivity index (χ4n) is 2.96. The molecule has 0 amide bonds. The number of non-ortho nitro benzene ring substituents is 1. The van der Waals surface area contributed by atoms with Gasteiger partial charge in [0.25, 0.3) is 5.69 Å². The van der Waals surface area contributed by atoms with Gasteiger partial charge in [-0.25, -0.2) is 9.97 Å². The Morgan fingerprint density at radius 1 is 1.38 bits per heavy atom. The summed E-state index contributed by atoms with van der Waals surface area (Å²) in [7, 11) is 0.